The number of likely N-dealkylation sites (N-methyl/N-ethyl adjacent to an activating group) is 1. The molecule has 0 aliphatic carbocycles. The summed E-state index contributed by atoms with van der Waals surface area (Å²) in [6.07, 6.45) is 0.0195. The molecule has 0 heterocycles. The fourth-order valence-corrected chi connectivity index (χ4v) is 2.45. The lowest BCUT2D eigenvalue weighted by Crippen LogP contribution is -2.22. The van der Waals surface area contributed by atoms with E-state index < -0.39 is 0 Å². The van der Waals surface area contributed by atoms with Gasteiger partial charge in [0, 0.05) is 11.0 Å². The second kappa shape index (κ2) is 6.73. The van der Waals surface area contributed by atoms with E-state index in [9.17, 15) is 0 Å². The van der Waals surface area contributed by atoms with E-state index in [0.29, 0.717) is 0 Å². The van der Waals surface area contributed by atoms with Gasteiger partial charge in [0.25, 0.3) is 0 Å². The minimum Gasteiger partial charge on any atom is -0.484 e. The maximum atomic E-state index is 6.14. The summed E-state index contributed by atoms with van der Waals surface area (Å²) in [5.74, 6) is 0.923. The third-order valence-corrected chi connectivity index (χ3v) is 3.46. The van der Waals surface area contributed by atoms with Crippen LogP contribution in [0.15, 0.2) is 53.0 Å². The van der Waals surface area contributed by atoms with Crippen molar-refractivity contribution in [2.45, 2.75) is 13.0 Å². The smallest absolute Gasteiger partial charge is 0.136 e. The van der Waals surface area contributed by atoms with E-state index in [1.165, 1.54) is 5.56 Å². The molecule has 0 radical (unpaired) electrons. The van der Waals surface area contributed by atoms with Crippen molar-refractivity contribution in [2.75, 3.05) is 13.6 Å². The second-order valence-corrected chi connectivity index (χ2v) is 5.40. The van der Waals surface area contributed by atoms with Crippen LogP contribution in [0.5, 0.6) is 5.75 Å². The zero-order chi connectivity index (χ0) is 13.7. The van der Waals surface area contributed by atoms with E-state index in [2.05, 4.69) is 46.4 Å². The zero-order valence-electron chi connectivity index (χ0n) is 11.2. The summed E-state index contributed by atoms with van der Waals surface area (Å²) in [5.41, 5.74) is 2.31. The molecular weight excluding hydrogens is 302 g/mol. The van der Waals surface area contributed by atoms with Crippen molar-refractivity contribution in [1.82, 2.24) is 5.32 Å². The number of halogens is 1. The van der Waals surface area contributed by atoms with Crippen molar-refractivity contribution < 1.29 is 4.74 Å². The molecule has 0 fully saturated rings. The molecule has 0 aromatic heterocycles. The third kappa shape index (κ3) is 3.82. The summed E-state index contributed by atoms with van der Waals surface area (Å²) in [4.78, 5) is 0. The predicted molar refractivity (Wildman–Crippen MR) is 82.6 cm³/mol. The lowest BCUT2D eigenvalue weighted by Gasteiger charge is -2.20. The van der Waals surface area contributed by atoms with Gasteiger partial charge in [-0.3, -0.25) is 0 Å². The predicted octanol–water partition coefficient (Wildman–Crippen LogP) is 4.10. The van der Waals surface area contributed by atoms with Gasteiger partial charge in [0.15, 0.2) is 0 Å². The second-order valence-electron chi connectivity index (χ2n) is 4.48. The van der Waals surface area contributed by atoms with Crippen LogP contribution >= 0.6 is 15.9 Å². The van der Waals surface area contributed by atoms with E-state index in [-0.39, 0.29) is 6.10 Å². The van der Waals surface area contributed by atoms with Crippen molar-refractivity contribution in [1.29, 1.82) is 0 Å². The molecule has 0 saturated heterocycles. The summed E-state index contributed by atoms with van der Waals surface area (Å²) in [7, 11) is 1.94. The highest BCUT2D eigenvalue weighted by molar-refractivity contribution is 9.10. The highest BCUT2D eigenvalue weighted by atomic mass is 79.9. The van der Waals surface area contributed by atoms with Crippen LogP contribution in [0.2, 0.25) is 0 Å². The van der Waals surface area contributed by atoms with Crippen LogP contribution in [0.25, 0.3) is 0 Å². The fourth-order valence-electron chi connectivity index (χ4n) is 1.98. The normalized spacial score (nSPS) is 12.2. The molecule has 0 spiro atoms. The summed E-state index contributed by atoms with van der Waals surface area (Å²) in [6, 6.07) is 16.4. The van der Waals surface area contributed by atoms with Crippen molar-refractivity contribution in [3.63, 3.8) is 0 Å². The van der Waals surface area contributed by atoms with Gasteiger partial charge < -0.3 is 10.1 Å². The van der Waals surface area contributed by atoms with Crippen molar-refractivity contribution in [2.24, 2.45) is 0 Å². The molecule has 3 heteroatoms. The monoisotopic (exact) mass is 319 g/mol. The average molecular weight is 320 g/mol. The molecule has 0 aliphatic heterocycles. The van der Waals surface area contributed by atoms with Gasteiger partial charge in [0.1, 0.15) is 11.9 Å². The minimum absolute atomic E-state index is 0.0195. The first-order valence-corrected chi connectivity index (χ1v) is 7.12. The van der Waals surface area contributed by atoms with Gasteiger partial charge in [0.2, 0.25) is 0 Å². The highest BCUT2D eigenvalue weighted by Gasteiger charge is 2.13. The van der Waals surface area contributed by atoms with Crippen LogP contribution in [-0.4, -0.2) is 13.6 Å². The Morgan fingerprint density at radius 2 is 1.89 bits per heavy atom. The Labute approximate surface area is 122 Å². The van der Waals surface area contributed by atoms with Gasteiger partial charge in [-0.05, 0) is 43.3 Å². The molecule has 19 heavy (non-hydrogen) atoms. The SMILES string of the molecule is CNCC(Oc1ccc(Br)cc1C)c1ccccc1. The summed E-state index contributed by atoms with van der Waals surface area (Å²) < 4.78 is 7.21. The first-order chi connectivity index (χ1) is 9.20. The maximum Gasteiger partial charge on any atom is 0.136 e. The first-order valence-electron chi connectivity index (χ1n) is 6.33. The standard InChI is InChI=1S/C16H18BrNO/c1-12-10-14(17)8-9-15(12)19-16(11-18-2)13-6-4-3-5-7-13/h3-10,16,18H,11H2,1-2H3. The van der Waals surface area contributed by atoms with E-state index in [1.54, 1.807) is 0 Å². The molecule has 0 bridgehead atoms. The van der Waals surface area contributed by atoms with E-state index in [4.69, 9.17) is 4.74 Å². The maximum absolute atomic E-state index is 6.14. The van der Waals surface area contributed by atoms with Gasteiger partial charge in [-0.25, -0.2) is 0 Å². The number of hydrogen-bond donors (Lipinski definition) is 1. The number of ether oxygens (including phenoxy) is 1. The van der Waals surface area contributed by atoms with Gasteiger partial charge >= 0.3 is 0 Å². The Balaban J connectivity index is 2.21. The number of rotatable bonds is 5. The van der Waals surface area contributed by atoms with Gasteiger partial charge in [-0.1, -0.05) is 46.3 Å². The van der Waals surface area contributed by atoms with Crippen LogP contribution < -0.4 is 10.1 Å². The minimum atomic E-state index is 0.0195. The quantitative estimate of drug-likeness (QED) is 0.896. The van der Waals surface area contributed by atoms with Gasteiger partial charge in [-0.2, -0.15) is 0 Å². The molecule has 1 unspecified atom stereocenters. The van der Waals surface area contributed by atoms with E-state index in [1.807, 2.05) is 37.4 Å². The van der Waals surface area contributed by atoms with Crippen molar-refractivity contribution in [3.8, 4) is 5.75 Å². The molecule has 0 aliphatic rings. The van der Waals surface area contributed by atoms with E-state index in [0.717, 1.165) is 22.3 Å². The van der Waals surface area contributed by atoms with E-state index >= 15 is 0 Å². The van der Waals surface area contributed by atoms with Crippen LogP contribution in [0.1, 0.15) is 17.2 Å². The molecule has 2 rings (SSSR count). The number of hydrogen-bond acceptors (Lipinski definition) is 2. The molecule has 0 saturated carbocycles. The zero-order valence-corrected chi connectivity index (χ0v) is 12.8. The number of benzene rings is 2. The Hall–Kier alpha value is -1.32. The Bertz CT molecular complexity index is 528. The summed E-state index contributed by atoms with van der Waals surface area (Å²) in [5, 5.41) is 3.18. The topological polar surface area (TPSA) is 21.3 Å². The molecule has 2 nitrogen and oxygen atoms in total. The molecule has 1 N–H and O–H groups in total. The van der Waals surface area contributed by atoms with Crippen molar-refractivity contribution >= 4 is 15.9 Å². The molecule has 1 atom stereocenters. The highest BCUT2D eigenvalue weighted by Crippen LogP contribution is 2.27. The fraction of sp³-hybridized carbons (Fsp3) is 0.250. The average Bonchev–Trinajstić information content (AvgIpc) is 2.42. The van der Waals surface area contributed by atoms with Crippen LogP contribution in [0.4, 0.5) is 0 Å². The molecule has 0 amide bonds. The summed E-state index contributed by atoms with van der Waals surface area (Å²) in [6.45, 7) is 2.83. The molecular formula is C16H18BrNO. The Kier molecular flexibility index (Phi) is 5.00. The number of nitrogens with one attached hydrogen (secondary N) is 1. The summed E-state index contributed by atoms with van der Waals surface area (Å²) >= 11 is 3.47. The largest absolute Gasteiger partial charge is 0.484 e. The third-order valence-electron chi connectivity index (χ3n) is 2.97. The molecule has 100 valence electrons. The molecule has 2 aromatic rings. The van der Waals surface area contributed by atoms with Crippen LogP contribution in [-0.2, 0) is 0 Å². The number of aryl methyl sites for hydroxylation is 1. The Morgan fingerprint density at radius 1 is 1.16 bits per heavy atom. The molecule has 2 aromatic carbocycles. The van der Waals surface area contributed by atoms with Crippen molar-refractivity contribution in [3.05, 3.63) is 64.1 Å². The van der Waals surface area contributed by atoms with Crippen LogP contribution in [0.3, 0.4) is 0 Å². The first kappa shape index (κ1) is 14.1. The van der Waals surface area contributed by atoms with Gasteiger partial charge in [-0.15, -0.1) is 0 Å². The lowest BCUT2D eigenvalue weighted by molar-refractivity contribution is 0.203. The van der Waals surface area contributed by atoms with Crippen LogP contribution in [0, 0.1) is 6.92 Å². The van der Waals surface area contributed by atoms with Gasteiger partial charge in [0.05, 0.1) is 0 Å². The lowest BCUT2D eigenvalue weighted by atomic mass is 10.1. The Morgan fingerprint density at radius 3 is 2.53 bits per heavy atom.